The maximum atomic E-state index is 12.1. The van der Waals surface area contributed by atoms with Gasteiger partial charge >= 0.3 is 0 Å². The van der Waals surface area contributed by atoms with Crippen LogP contribution in [0.3, 0.4) is 0 Å². The Hall–Kier alpha value is -1.96. The standard InChI is InChI=1S/C21H26Cl2N2O4S/c1-15-6-9-20(16(2)13-15)29-12-10-24-21(26)5-4-11-25(30(3,27)28)17-7-8-18(22)19(23)14-17/h6-9,13-14H,4-5,10-12H2,1-3H3,(H,24,26). The Morgan fingerprint density at radius 2 is 1.83 bits per heavy atom. The van der Waals surface area contributed by atoms with E-state index in [1.807, 2.05) is 32.0 Å². The van der Waals surface area contributed by atoms with Gasteiger partial charge < -0.3 is 10.1 Å². The number of hydrogen-bond acceptors (Lipinski definition) is 4. The number of nitrogens with one attached hydrogen (secondary N) is 1. The number of carbonyl (C=O) groups excluding carboxylic acids is 1. The first-order chi connectivity index (χ1) is 14.1. The lowest BCUT2D eigenvalue weighted by Crippen LogP contribution is -2.33. The Kier molecular flexibility index (Phi) is 8.82. The van der Waals surface area contributed by atoms with E-state index < -0.39 is 10.0 Å². The summed E-state index contributed by atoms with van der Waals surface area (Å²) in [4.78, 5) is 12.1. The number of nitrogens with zero attached hydrogens (tertiary/aromatic N) is 1. The molecule has 30 heavy (non-hydrogen) atoms. The van der Waals surface area contributed by atoms with Gasteiger partial charge in [-0.25, -0.2) is 8.42 Å². The summed E-state index contributed by atoms with van der Waals surface area (Å²) in [5.74, 6) is 0.627. The summed E-state index contributed by atoms with van der Waals surface area (Å²) < 4.78 is 31.2. The van der Waals surface area contributed by atoms with E-state index >= 15 is 0 Å². The van der Waals surface area contributed by atoms with Crippen molar-refractivity contribution >= 4 is 44.8 Å². The fourth-order valence-electron chi connectivity index (χ4n) is 2.91. The quantitative estimate of drug-likeness (QED) is 0.521. The third-order valence-electron chi connectivity index (χ3n) is 4.37. The second-order valence-electron chi connectivity index (χ2n) is 7.00. The van der Waals surface area contributed by atoms with Crippen molar-refractivity contribution in [1.82, 2.24) is 5.32 Å². The van der Waals surface area contributed by atoms with Crippen LogP contribution in [-0.2, 0) is 14.8 Å². The van der Waals surface area contributed by atoms with Gasteiger partial charge in [-0.3, -0.25) is 9.10 Å². The van der Waals surface area contributed by atoms with E-state index in [-0.39, 0.29) is 23.9 Å². The minimum Gasteiger partial charge on any atom is -0.491 e. The molecule has 164 valence electrons. The molecule has 0 bridgehead atoms. The first-order valence-corrected chi connectivity index (χ1v) is 12.1. The Morgan fingerprint density at radius 1 is 1.10 bits per heavy atom. The van der Waals surface area contributed by atoms with Crippen molar-refractivity contribution in [3.8, 4) is 5.75 Å². The molecule has 0 fully saturated rings. The van der Waals surface area contributed by atoms with Gasteiger partial charge in [-0.1, -0.05) is 40.9 Å². The van der Waals surface area contributed by atoms with Crippen LogP contribution in [0.2, 0.25) is 10.0 Å². The van der Waals surface area contributed by atoms with Crippen molar-refractivity contribution < 1.29 is 17.9 Å². The van der Waals surface area contributed by atoms with Crippen LogP contribution < -0.4 is 14.4 Å². The van der Waals surface area contributed by atoms with Gasteiger partial charge in [0, 0.05) is 13.0 Å². The largest absolute Gasteiger partial charge is 0.491 e. The zero-order valence-electron chi connectivity index (χ0n) is 17.2. The Labute approximate surface area is 188 Å². The van der Waals surface area contributed by atoms with Gasteiger partial charge in [0.2, 0.25) is 15.9 Å². The number of halogens is 2. The molecule has 0 atom stereocenters. The van der Waals surface area contributed by atoms with Crippen molar-refractivity contribution in [3.63, 3.8) is 0 Å². The molecule has 0 saturated heterocycles. The monoisotopic (exact) mass is 472 g/mol. The number of rotatable bonds is 10. The molecular weight excluding hydrogens is 447 g/mol. The Morgan fingerprint density at radius 3 is 2.47 bits per heavy atom. The lowest BCUT2D eigenvalue weighted by atomic mass is 10.1. The number of hydrogen-bond donors (Lipinski definition) is 1. The molecule has 1 N–H and O–H groups in total. The molecule has 0 heterocycles. The van der Waals surface area contributed by atoms with Crippen molar-refractivity contribution in [2.75, 3.05) is 30.3 Å². The summed E-state index contributed by atoms with van der Waals surface area (Å²) in [5.41, 5.74) is 2.62. The number of amides is 1. The molecule has 0 saturated carbocycles. The first-order valence-electron chi connectivity index (χ1n) is 9.47. The van der Waals surface area contributed by atoms with E-state index in [0.29, 0.717) is 30.3 Å². The summed E-state index contributed by atoms with van der Waals surface area (Å²) in [6.07, 6.45) is 1.66. The smallest absolute Gasteiger partial charge is 0.232 e. The highest BCUT2D eigenvalue weighted by Crippen LogP contribution is 2.28. The van der Waals surface area contributed by atoms with Gasteiger partial charge in [0.05, 0.1) is 28.5 Å². The van der Waals surface area contributed by atoms with E-state index in [1.165, 1.54) is 10.4 Å². The minimum absolute atomic E-state index is 0.156. The van der Waals surface area contributed by atoms with Crippen molar-refractivity contribution in [1.29, 1.82) is 0 Å². The zero-order valence-corrected chi connectivity index (χ0v) is 19.6. The van der Waals surface area contributed by atoms with Crippen LogP contribution in [0.1, 0.15) is 24.0 Å². The Bertz CT molecular complexity index is 996. The number of ether oxygens (including phenoxy) is 1. The van der Waals surface area contributed by atoms with Crippen LogP contribution in [0.25, 0.3) is 0 Å². The van der Waals surface area contributed by atoms with Crippen LogP contribution in [0.4, 0.5) is 5.69 Å². The molecule has 2 aromatic carbocycles. The van der Waals surface area contributed by atoms with E-state index in [4.69, 9.17) is 27.9 Å². The highest BCUT2D eigenvalue weighted by atomic mass is 35.5. The average molecular weight is 473 g/mol. The zero-order chi connectivity index (χ0) is 22.3. The summed E-state index contributed by atoms with van der Waals surface area (Å²) >= 11 is 11.9. The molecule has 0 aliphatic carbocycles. The SMILES string of the molecule is Cc1ccc(OCCNC(=O)CCCN(c2ccc(Cl)c(Cl)c2)S(C)(=O)=O)c(C)c1. The molecular formula is C21H26Cl2N2O4S. The van der Waals surface area contributed by atoms with Crippen LogP contribution in [0.15, 0.2) is 36.4 Å². The molecule has 1 amide bonds. The average Bonchev–Trinajstić information content (AvgIpc) is 2.65. The molecule has 0 aromatic heterocycles. The van der Waals surface area contributed by atoms with Crippen molar-refractivity contribution in [3.05, 3.63) is 57.6 Å². The summed E-state index contributed by atoms with van der Waals surface area (Å²) in [6, 6.07) is 10.5. The molecule has 2 rings (SSSR count). The molecule has 2 aromatic rings. The molecule has 0 aliphatic heterocycles. The van der Waals surface area contributed by atoms with Gasteiger partial charge in [-0.2, -0.15) is 0 Å². The van der Waals surface area contributed by atoms with Crippen LogP contribution in [-0.4, -0.2) is 40.3 Å². The first kappa shape index (κ1) is 24.3. The summed E-state index contributed by atoms with van der Waals surface area (Å²) in [5, 5.41) is 3.39. The number of aryl methyl sites for hydroxylation is 2. The van der Waals surface area contributed by atoms with Gasteiger partial charge in [-0.05, 0) is 50.1 Å². The van der Waals surface area contributed by atoms with Gasteiger partial charge in [0.15, 0.2) is 0 Å². The van der Waals surface area contributed by atoms with Gasteiger partial charge in [-0.15, -0.1) is 0 Å². The fourth-order valence-corrected chi connectivity index (χ4v) is 4.16. The maximum absolute atomic E-state index is 12.1. The van der Waals surface area contributed by atoms with Crippen LogP contribution in [0, 0.1) is 13.8 Å². The third-order valence-corrected chi connectivity index (χ3v) is 6.30. The fraction of sp³-hybridized carbons (Fsp3) is 0.381. The number of sulfonamides is 1. The van der Waals surface area contributed by atoms with Gasteiger partial charge in [0.25, 0.3) is 0 Å². The lowest BCUT2D eigenvalue weighted by Gasteiger charge is -2.22. The van der Waals surface area contributed by atoms with E-state index in [9.17, 15) is 13.2 Å². The molecule has 0 unspecified atom stereocenters. The van der Waals surface area contributed by atoms with E-state index in [0.717, 1.165) is 23.1 Å². The highest BCUT2D eigenvalue weighted by molar-refractivity contribution is 7.92. The molecule has 6 nitrogen and oxygen atoms in total. The molecule has 0 aliphatic rings. The third kappa shape index (κ3) is 7.38. The Balaban J connectivity index is 1.79. The van der Waals surface area contributed by atoms with Crippen LogP contribution in [0.5, 0.6) is 5.75 Å². The van der Waals surface area contributed by atoms with Crippen molar-refractivity contribution in [2.24, 2.45) is 0 Å². The number of benzene rings is 2. The second kappa shape index (κ2) is 10.9. The number of carbonyl (C=O) groups is 1. The minimum atomic E-state index is -3.52. The predicted octanol–water partition coefficient (Wildman–Crippen LogP) is 4.35. The predicted molar refractivity (Wildman–Crippen MR) is 122 cm³/mol. The second-order valence-corrected chi connectivity index (χ2v) is 9.73. The number of anilines is 1. The van der Waals surface area contributed by atoms with Crippen LogP contribution >= 0.6 is 23.2 Å². The lowest BCUT2D eigenvalue weighted by molar-refractivity contribution is -0.121. The molecule has 0 radical (unpaired) electrons. The highest BCUT2D eigenvalue weighted by Gasteiger charge is 2.18. The van der Waals surface area contributed by atoms with Crippen molar-refractivity contribution in [2.45, 2.75) is 26.7 Å². The molecule has 0 spiro atoms. The molecule has 9 heteroatoms. The van der Waals surface area contributed by atoms with E-state index in [2.05, 4.69) is 5.32 Å². The van der Waals surface area contributed by atoms with E-state index in [1.54, 1.807) is 12.1 Å². The summed E-state index contributed by atoms with van der Waals surface area (Å²) in [6.45, 7) is 4.87. The topological polar surface area (TPSA) is 75.7 Å². The summed E-state index contributed by atoms with van der Waals surface area (Å²) in [7, 11) is -3.52. The van der Waals surface area contributed by atoms with Gasteiger partial charge in [0.1, 0.15) is 12.4 Å². The normalized spacial score (nSPS) is 11.2. The maximum Gasteiger partial charge on any atom is 0.232 e.